The number of hydrogen-bond acceptors (Lipinski definition) is 3. The van der Waals surface area contributed by atoms with Crippen LogP contribution in [0.3, 0.4) is 0 Å². The lowest BCUT2D eigenvalue weighted by molar-refractivity contribution is 0.0563. The summed E-state index contributed by atoms with van der Waals surface area (Å²) in [6.45, 7) is 4.66. The summed E-state index contributed by atoms with van der Waals surface area (Å²) < 4.78 is 0. The van der Waals surface area contributed by atoms with Crippen LogP contribution >= 0.6 is 0 Å². The smallest absolute Gasteiger partial charge is 0.0741 e. The highest BCUT2D eigenvalue weighted by molar-refractivity contribution is 4.90. The second kappa shape index (κ2) is 6.55. The van der Waals surface area contributed by atoms with E-state index in [0.29, 0.717) is 6.54 Å². The van der Waals surface area contributed by atoms with E-state index < -0.39 is 5.60 Å². The van der Waals surface area contributed by atoms with Crippen LogP contribution in [0, 0.1) is 17.8 Å². The first-order valence-corrected chi connectivity index (χ1v) is 8.11. The number of unbranched alkanes of at least 4 members (excludes halogenated alkanes) is 1. The van der Waals surface area contributed by atoms with E-state index >= 15 is 0 Å². The summed E-state index contributed by atoms with van der Waals surface area (Å²) >= 11 is 0. The molecule has 2 fully saturated rings. The maximum atomic E-state index is 9.85. The molecule has 2 aliphatic carbocycles. The lowest BCUT2D eigenvalue weighted by Crippen LogP contribution is -2.34. The molecule has 0 radical (unpaired) electrons. The van der Waals surface area contributed by atoms with Gasteiger partial charge in [0.1, 0.15) is 0 Å². The van der Waals surface area contributed by atoms with E-state index in [1.54, 1.807) is 0 Å². The highest BCUT2D eigenvalue weighted by Gasteiger charge is 2.39. The van der Waals surface area contributed by atoms with Crippen LogP contribution in [-0.2, 0) is 0 Å². The van der Waals surface area contributed by atoms with Gasteiger partial charge in [0.2, 0.25) is 0 Å². The summed E-state index contributed by atoms with van der Waals surface area (Å²) in [6, 6.07) is 0. The van der Waals surface area contributed by atoms with Gasteiger partial charge in [0.05, 0.1) is 5.60 Å². The molecule has 0 saturated heterocycles. The van der Waals surface area contributed by atoms with Gasteiger partial charge < -0.3 is 15.7 Å². The van der Waals surface area contributed by atoms with Crippen molar-refractivity contribution in [1.82, 2.24) is 4.90 Å². The number of rotatable bonds is 8. The Kier molecular flexibility index (Phi) is 5.27. The molecule has 19 heavy (non-hydrogen) atoms. The van der Waals surface area contributed by atoms with Crippen molar-refractivity contribution in [2.45, 2.75) is 57.5 Å². The molecule has 0 spiro atoms. The second-order valence-corrected chi connectivity index (χ2v) is 7.36. The molecular weight excluding hydrogens is 236 g/mol. The largest absolute Gasteiger partial charge is 0.389 e. The van der Waals surface area contributed by atoms with E-state index in [2.05, 4.69) is 11.9 Å². The zero-order valence-electron chi connectivity index (χ0n) is 12.8. The summed E-state index contributed by atoms with van der Waals surface area (Å²) in [4.78, 5) is 2.50. The van der Waals surface area contributed by atoms with Crippen molar-refractivity contribution in [3.8, 4) is 0 Å². The SMILES string of the molecule is CN(CCCCC(C)(O)CN)CC1CC2CCC1C2. The predicted molar refractivity (Wildman–Crippen MR) is 80.0 cm³/mol. The van der Waals surface area contributed by atoms with Crippen molar-refractivity contribution >= 4 is 0 Å². The third-order valence-electron chi connectivity index (χ3n) is 5.38. The molecule has 3 N–H and O–H groups in total. The molecule has 4 atom stereocenters. The molecule has 0 aromatic carbocycles. The number of aliphatic hydroxyl groups is 1. The molecule has 0 heterocycles. The van der Waals surface area contributed by atoms with Gasteiger partial charge in [-0.2, -0.15) is 0 Å². The Morgan fingerprint density at radius 1 is 1.26 bits per heavy atom. The zero-order chi connectivity index (χ0) is 13.9. The molecule has 2 bridgehead atoms. The fourth-order valence-electron chi connectivity index (χ4n) is 4.08. The summed E-state index contributed by atoms with van der Waals surface area (Å²) in [5.74, 6) is 3.06. The van der Waals surface area contributed by atoms with E-state index in [1.807, 2.05) is 6.92 Å². The minimum Gasteiger partial charge on any atom is -0.389 e. The van der Waals surface area contributed by atoms with Crippen molar-refractivity contribution in [2.75, 3.05) is 26.7 Å². The van der Waals surface area contributed by atoms with E-state index in [0.717, 1.165) is 37.1 Å². The maximum Gasteiger partial charge on any atom is 0.0741 e. The molecular formula is C16H32N2O. The molecule has 0 aromatic rings. The lowest BCUT2D eigenvalue weighted by atomic mass is 9.88. The van der Waals surface area contributed by atoms with Crippen LogP contribution in [0.4, 0.5) is 0 Å². The first-order chi connectivity index (χ1) is 9.00. The Morgan fingerprint density at radius 2 is 2.05 bits per heavy atom. The van der Waals surface area contributed by atoms with E-state index in [9.17, 15) is 5.11 Å². The molecule has 2 aliphatic rings. The third kappa shape index (κ3) is 4.44. The van der Waals surface area contributed by atoms with E-state index in [4.69, 9.17) is 5.73 Å². The van der Waals surface area contributed by atoms with Crippen molar-refractivity contribution < 1.29 is 5.11 Å². The molecule has 2 saturated carbocycles. The normalized spacial score (nSPS) is 33.0. The average Bonchev–Trinajstić information content (AvgIpc) is 2.97. The van der Waals surface area contributed by atoms with Crippen LogP contribution in [0.2, 0.25) is 0 Å². The number of nitrogens with two attached hydrogens (primary N) is 1. The fourth-order valence-corrected chi connectivity index (χ4v) is 4.08. The molecule has 0 aromatic heterocycles. The van der Waals surface area contributed by atoms with Crippen molar-refractivity contribution in [3.63, 3.8) is 0 Å². The van der Waals surface area contributed by atoms with Crippen LogP contribution in [0.15, 0.2) is 0 Å². The number of hydrogen-bond donors (Lipinski definition) is 2. The highest BCUT2D eigenvalue weighted by Crippen LogP contribution is 2.48. The van der Waals surface area contributed by atoms with Crippen LogP contribution in [0.1, 0.15) is 51.9 Å². The fraction of sp³-hybridized carbons (Fsp3) is 1.00. The molecule has 112 valence electrons. The van der Waals surface area contributed by atoms with Crippen molar-refractivity contribution in [1.29, 1.82) is 0 Å². The van der Waals surface area contributed by atoms with Crippen molar-refractivity contribution in [3.05, 3.63) is 0 Å². The standard InChI is InChI=1S/C16H32N2O/c1-16(19,12-17)7-3-4-8-18(2)11-15-10-13-5-6-14(15)9-13/h13-15,19H,3-12,17H2,1-2H3. The van der Waals surface area contributed by atoms with Gasteiger partial charge in [-0.3, -0.25) is 0 Å². The number of fused-ring (bicyclic) bond motifs is 2. The predicted octanol–water partition coefficient (Wildman–Crippen LogP) is 2.23. The monoisotopic (exact) mass is 268 g/mol. The summed E-state index contributed by atoms with van der Waals surface area (Å²) in [7, 11) is 2.26. The van der Waals surface area contributed by atoms with E-state index in [1.165, 1.54) is 38.6 Å². The topological polar surface area (TPSA) is 49.5 Å². The Morgan fingerprint density at radius 3 is 2.63 bits per heavy atom. The van der Waals surface area contributed by atoms with Crippen LogP contribution in [-0.4, -0.2) is 42.3 Å². The molecule has 3 nitrogen and oxygen atoms in total. The molecule has 0 amide bonds. The minimum atomic E-state index is -0.664. The average molecular weight is 268 g/mol. The van der Waals surface area contributed by atoms with Crippen molar-refractivity contribution in [2.24, 2.45) is 23.5 Å². The third-order valence-corrected chi connectivity index (χ3v) is 5.38. The second-order valence-electron chi connectivity index (χ2n) is 7.36. The first kappa shape index (κ1) is 15.3. The molecule has 0 aliphatic heterocycles. The van der Waals surface area contributed by atoms with Gasteiger partial charge in [-0.15, -0.1) is 0 Å². The minimum absolute atomic E-state index is 0.369. The van der Waals surface area contributed by atoms with Gasteiger partial charge in [-0.05, 0) is 76.8 Å². The lowest BCUT2D eigenvalue weighted by Gasteiger charge is -2.27. The van der Waals surface area contributed by atoms with Gasteiger partial charge in [0.15, 0.2) is 0 Å². The van der Waals surface area contributed by atoms with Gasteiger partial charge >= 0.3 is 0 Å². The Balaban J connectivity index is 1.56. The van der Waals surface area contributed by atoms with Crippen LogP contribution < -0.4 is 5.73 Å². The van der Waals surface area contributed by atoms with E-state index in [-0.39, 0.29) is 0 Å². The summed E-state index contributed by atoms with van der Waals surface area (Å²) in [5, 5.41) is 9.85. The number of nitrogens with zero attached hydrogens (tertiary/aromatic N) is 1. The van der Waals surface area contributed by atoms with Gasteiger partial charge in [0, 0.05) is 13.1 Å². The summed E-state index contributed by atoms with van der Waals surface area (Å²) in [5.41, 5.74) is 4.87. The first-order valence-electron chi connectivity index (χ1n) is 8.11. The van der Waals surface area contributed by atoms with Gasteiger partial charge in [-0.1, -0.05) is 6.42 Å². The Hall–Kier alpha value is -0.120. The summed E-state index contributed by atoms with van der Waals surface area (Å²) in [6.07, 6.45) is 9.06. The zero-order valence-corrected chi connectivity index (χ0v) is 12.8. The Bertz CT molecular complexity index is 280. The quantitative estimate of drug-likeness (QED) is 0.664. The molecule has 4 unspecified atom stereocenters. The highest BCUT2D eigenvalue weighted by atomic mass is 16.3. The molecule has 3 heteroatoms. The van der Waals surface area contributed by atoms with Crippen LogP contribution in [0.25, 0.3) is 0 Å². The Labute approximate surface area is 118 Å². The van der Waals surface area contributed by atoms with Gasteiger partial charge in [-0.25, -0.2) is 0 Å². The van der Waals surface area contributed by atoms with Crippen LogP contribution in [0.5, 0.6) is 0 Å². The molecule has 2 rings (SSSR count). The van der Waals surface area contributed by atoms with Gasteiger partial charge in [0.25, 0.3) is 0 Å². The maximum absolute atomic E-state index is 9.85.